The maximum absolute atomic E-state index is 11.7. The molecule has 0 saturated heterocycles. The van der Waals surface area contributed by atoms with Crippen LogP contribution in [0.15, 0.2) is 54.6 Å². The topological polar surface area (TPSA) is 67.4 Å². The minimum atomic E-state index is -0.338. The molecule has 0 aliphatic carbocycles. The first-order valence-electron chi connectivity index (χ1n) is 7.49. The highest BCUT2D eigenvalue weighted by molar-refractivity contribution is 5.95. The zero-order chi connectivity index (χ0) is 16.5. The van der Waals surface area contributed by atoms with Crippen molar-refractivity contribution < 1.29 is 14.3 Å². The summed E-state index contributed by atoms with van der Waals surface area (Å²) in [5.74, 6) is 0.208. The van der Waals surface area contributed by atoms with Crippen molar-refractivity contribution in [3.63, 3.8) is 0 Å². The number of hydrazine groups is 1. The van der Waals surface area contributed by atoms with Gasteiger partial charge in [0.1, 0.15) is 5.75 Å². The molecule has 2 aromatic carbocycles. The van der Waals surface area contributed by atoms with Gasteiger partial charge >= 0.3 is 0 Å². The highest BCUT2D eigenvalue weighted by Crippen LogP contribution is 2.12. The number of amides is 2. The minimum Gasteiger partial charge on any atom is -0.494 e. The van der Waals surface area contributed by atoms with Crippen LogP contribution in [0, 0.1) is 6.92 Å². The van der Waals surface area contributed by atoms with Crippen LogP contribution in [0.25, 0.3) is 0 Å². The smallest absolute Gasteiger partial charge is 0.269 e. The molecule has 23 heavy (non-hydrogen) atoms. The fourth-order valence-electron chi connectivity index (χ4n) is 1.98. The molecule has 0 spiro atoms. The van der Waals surface area contributed by atoms with Gasteiger partial charge in [0.25, 0.3) is 5.91 Å². The van der Waals surface area contributed by atoms with E-state index < -0.39 is 0 Å². The van der Waals surface area contributed by atoms with Crippen LogP contribution in [-0.4, -0.2) is 18.4 Å². The Kier molecular flexibility index (Phi) is 6.17. The molecular weight excluding hydrogens is 292 g/mol. The van der Waals surface area contributed by atoms with Gasteiger partial charge in [-0.2, -0.15) is 0 Å². The second-order valence-electron chi connectivity index (χ2n) is 5.14. The van der Waals surface area contributed by atoms with E-state index in [4.69, 9.17) is 4.74 Å². The minimum absolute atomic E-state index is 0.248. The second-order valence-corrected chi connectivity index (χ2v) is 5.14. The van der Waals surface area contributed by atoms with Gasteiger partial charge < -0.3 is 4.74 Å². The van der Waals surface area contributed by atoms with Crippen molar-refractivity contribution in [3.8, 4) is 5.75 Å². The van der Waals surface area contributed by atoms with Crippen molar-refractivity contribution in [2.75, 3.05) is 6.61 Å². The van der Waals surface area contributed by atoms with E-state index in [1.807, 2.05) is 37.3 Å². The molecule has 2 rings (SSSR count). The maximum atomic E-state index is 11.7. The number of aryl methyl sites for hydroxylation is 1. The molecule has 5 nitrogen and oxygen atoms in total. The van der Waals surface area contributed by atoms with Gasteiger partial charge in [-0.1, -0.05) is 30.3 Å². The van der Waals surface area contributed by atoms with E-state index in [2.05, 4.69) is 10.9 Å². The number of carbonyl (C=O) groups is 2. The maximum Gasteiger partial charge on any atom is 0.269 e. The van der Waals surface area contributed by atoms with Crippen LogP contribution in [0.1, 0.15) is 28.8 Å². The zero-order valence-corrected chi connectivity index (χ0v) is 13.0. The lowest BCUT2D eigenvalue weighted by atomic mass is 10.2. The van der Waals surface area contributed by atoms with Gasteiger partial charge in [0.2, 0.25) is 5.91 Å². The van der Waals surface area contributed by atoms with E-state index in [9.17, 15) is 9.59 Å². The molecule has 5 heteroatoms. The van der Waals surface area contributed by atoms with Gasteiger partial charge in [-0.25, -0.2) is 0 Å². The molecule has 2 amide bonds. The SMILES string of the molecule is Cc1cccc(OCCCC(=O)NNC(=O)c2ccccc2)c1. The number of hydrogen-bond acceptors (Lipinski definition) is 3. The predicted octanol–water partition coefficient (Wildman–Crippen LogP) is 2.62. The molecule has 0 unspecified atom stereocenters. The van der Waals surface area contributed by atoms with Gasteiger partial charge in [-0.3, -0.25) is 20.4 Å². The Morgan fingerprint density at radius 2 is 1.78 bits per heavy atom. The van der Waals surface area contributed by atoms with E-state index in [1.165, 1.54) is 0 Å². The van der Waals surface area contributed by atoms with Crippen molar-refractivity contribution >= 4 is 11.8 Å². The van der Waals surface area contributed by atoms with Gasteiger partial charge in [0.15, 0.2) is 0 Å². The lowest BCUT2D eigenvalue weighted by Crippen LogP contribution is -2.41. The Balaban J connectivity index is 1.63. The summed E-state index contributed by atoms with van der Waals surface area (Å²) < 4.78 is 5.56. The predicted molar refractivity (Wildman–Crippen MR) is 88.0 cm³/mol. The number of hydrogen-bond donors (Lipinski definition) is 2. The molecule has 0 aliphatic heterocycles. The largest absolute Gasteiger partial charge is 0.494 e. The van der Waals surface area contributed by atoms with Crippen molar-refractivity contribution in [1.82, 2.24) is 10.9 Å². The van der Waals surface area contributed by atoms with Crippen molar-refractivity contribution in [3.05, 3.63) is 65.7 Å². The number of ether oxygens (including phenoxy) is 1. The standard InChI is InChI=1S/C18H20N2O3/c1-14-7-5-10-16(13-14)23-12-6-11-17(21)19-20-18(22)15-8-3-2-4-9-15/h2-5,7-10,13H,6,11-12H2,1H3,(H,19,21)(H,20,22). The molecule has 2 N–H and O–H groups in total. The Morgan fingerprint density at radius 1 is 1.00 bits per heavy atom. The van der Waals surface area contributed by atoms with E-state index in [-0.39, 0.29) is 18.2 Å². The summed E-state index contributed by atoms with van der Waals surface area (Å²) in [7, 11) is 0. The number of carbonyl (C=O) groups excluding carboxylic acids is 2. The summed E-state index contributed by atoms with van der Waals surface area (Å²) in [6, 6.07) is 16.5. The van der Waals surface area contributed by atoms with Crippen molar-refractivity contribution in [2.24, 2.45) is 0 Å². The van der Waals surface area contributed by atoms with Crippen molar-refractivity contribution in [2.45, 2.75) is 19.8 Å². The van der Waals surface area contributed by atoms with Crippen molar-refractivity contribution in [1.29, 1.82) is 0 Å². The first-order chi connectivity index (χ1) is 11.1. The average Bonchev–Trinajstić information content (AvgIpc) is 2.57. The van der Waals surface area contributed by atoms with Crippen LogP contribution in [0.3, 0.4) is 0 Å². The highest BCUT2D eigenvalue weighted by Gasteiger charge is 2.06. The third-order valence-electron chi connectivity index (χ3n) is 3.16. The summed E-state index contributed by atoms with van der Waals surface area (Å²) in [6.45, 7) is 2.44. The fraction of sp³-hybridized carbons (Fsp3) is 0.222. The summed E-state index contributed by atoms with van der Waals surface area (Å²) in [4.78, 5) is 23.4. The van der Waals surface area contributed by atoms with E-state index in [0.29, 0.717) is 18.6 Å². The van der Waals surface area contributed by atoms with Gasteiger partial charge in [-0.15, -0.1) is 0 Å². The van der Waals surface area contributed by atoms with Crippen LogP contribution < -0.4 is 15.6 Å². The molecule has 2 aromatic rings. The molecule has 0 bridgehead atoms. The van der Waals surface area contributed by atoms with Gasteiger partial charge in [0.05, 0.1) is 6.61 Å². The quantitative estimate of drug-likeness (QED) is 0.636. The monoisotopic (exact) mass is 312 g/mol. The third-order valence-corrected chi connectivity index (χ3v) is 3.16. The Labute approximate surface area is 135 Å². The third kappa shape index (κ3) is 5.82. The summed E-state index contributed by atoms with van der Waals surface area (Å²) in [6.07, 6.45) is 0.849. The molecule has 0 atom stereocenters. The molecule has 0 radical (unpaired) electrons. The molecular formula is C18H20N2O3. The van der Waals surface area contributed by atoms with Crippen LogP contribution in [0.5, 0.6) is 5.75 Å². The Hall–Kier alpha value is -2.82. The van der Waals surface area contributed by atoms with E-state index in [0.717, 1.165) is 11.3 Å². The lowest BCUT2D eigenvalue weighted by molar-refractivity contribution is -0.122. The van der Waals surface area contributed by atoms with Crippen LogP contribution >= 0.6 is 0 Å². The first kappa shape index (κ1) is 16.5. The van der Waals surface area contributed by atoms with E-state index in [1.54, 1.807) is 24.3 Å². The molecule has 0 aromatic heterocycles. The van der Waals surface area contributed by atoms with Gasteiger partial charge in [-0.05, 0) is 43.2 Å². The number of nitrogens with one attached hydrogen (secondary N) is 2. The normalized spacial score (nSPS) is 9.96. The van der Waals surface area contributed by atoms with Gasteiger partial charge in [0, 0.05) is 12.0 Å². The van der Waals surface area contributed by atoms with E-state index >= 15 is 0 Å². The first-order valence-corrected chi connectivity index (χ1v) is 7.49. The Morgan fingerprint density at radius 3 is 2.52 bits per heavy atom. The highest BCUT2D eigenvalue weighted by atomic mass is 16.5. The summed E-state index contributed by atoms with van der Waals surface area (Å²) in [5, 5.41) is 0. The van der Waals surface area contributed by atoms with Crippen LogP contribution in [-0.2, 0) is 4.79 Å². The lowest BCUT2D eigenvalue weighted by Gasteiger charge is -2.08. The second kappa shape index (κ2) is 8.58. The average molecular weight is 312 g/mol. The number of rotatable bonds is 6. The molecule has 0 fully saturated rings. The summed E-state index contributed by atoms with van der Waals surface area (Å²) in [5.41, 5.74) is 6.40. The fourth-order valence-corrected chi connectivity index (χ4v) is 1.98. The van der Waals surface area contributed by atoms with Crippen LogP contribution in [0.4, 0.5) is 0 Å². The van der Waals surface area contributed by atoms with Crippen LogP contribution in [0.2, 0.25) is 0 Å². The number of benzene rings is 2. The molecule has 120 valence electrons. The molecule has 0 saturated carbocycles. The summed E-state index contributed by atoms with van der Waals surface area (Å²) >= 11 is 0. The Bertz CT molecular complexity index is 656. The zero-order valence-electron chi connectivity index (χ0n) is 13.0. The molecule has 0 heterocycles. The molecule has 0 aliphatic rings.